The lowest BCUT2D eigenvalue weighted by molar-refractivity contribution is 0.00526. The lowest BCUT2D eigenvalue weighted by Gasteiger charge is -2.38. The van der Waals surface area contributed by atoms with Crippen LogP contribution in [0.3, 0.4) is 0 Å². The molecule has 1 fully saturated rings. The van der Waals surface area contributed by atoms with Gasteiger partial charge in [-0.3, -0.25) is 0 Å². The fraction of sp³-hybridized carbons (Fsp3) is 0.571. The van der Waals surface area contributed by atoms with Gasteiger partial charge >= 0.3 is 0 Å². The number of hydrogen-bond acceptors (Lipinski definition) is 2. The lowest BCUT2D eigenvalue weighted by Crippen LogP contribution is -2.40. The van der Waals surface area contributed by atoms with E-state index in [-0.39, 0.29) is 5.92 Å². The third-order valence-electron chi connectivity index (χ3n) is 3.29. The van der Waals surface area contributed by atoms with Crippen LogP contribution in [-0.4, -0.2) is 23.9 Å². The molecular weight excluding hydrogens is 200 g/mol. The van der Waals surface area contributed by atoms with Gasteiger partial charge in [0.25, 0.3) is 0 Å². The highest BCUT2D eigenvalue weighted by Crippen LogP contribution is 2.38. The maximum absolute atomic E-state index is 10.4. The molecule has 1 saturated carbocycles. The Morgan fingerprint density at radius 1 is 1.44 bits per heavy atom. The summed E-state index contributed by atoms with van der Waals surface area (Å²) in [6.07, 6.45) is 7.32. The van der Waals surface area contributed by atoms with Crippen molar-refractivity contribution in [1.82, 2.24) is 0 Å². The molecule has 90 valence electrons. The zero-order valence-electron chi connectivity index (χ0n) is 9.95. The van der Waals surface area contributed by atoms with Gasteiger partial charge in [0.15, 0.2) is 0 Å². The van der Waals surface area contributed by atoms with E-state index in [0.29, 0.717) is 13.2 Å². The summed E-state index contributed by atoms with van der Waals surface area (Å²) in [5.74, 6) is 0.0866. The first-order valence-corrected chi connectivity index (χ1v) is 5.86. The highest BCUT2D eigenvalue weighted by Gasteiger charge is 2.37. The Morgan fingerprint density at radius 2 is 2.19 bits per heavy atom. The molecule has 2 heteroatoms. The first kappa shape index (κ1) is 13.2. The van der Waals surface area contributed by atoms with Crippen LogP contribution in [0.1, 0.15) is 25.7 Å². The van der Waals surface area contributed by atoms with Crippen LogP contribution in [0.25, 0.3) is 0 Å². The van der Waals surface area contributed by atoms with Crippen molar-refractivity contribution in [1.29, 1.82) is 0 Å². The molecule has 2 atom stereocenters. The fourth-order valence-corrected chi connectivity index (χ4v) is 2.36. The van der Waals surface area contributed by atoms with Crippen molar-refractivity contribution in [2.45, 2.75) is 31.3 Å². The number of hydrogen-bond donors (Lipinski definition) is 1. The van der Waals surface area contributed by atoms with Crippen LogP contribution in [0.2, 0.25) is 0 Å². The standard InChI is InChI=1S/C14H22O2/c1-4-10-16-11-12(3)13-8-6-7-9-14(13,15)5-2/h4-5,13,15H,1-3,6-11H2. The van der Waals surface area contributed by atoms with Gasteiger partial charge < -0.3 is 9.84 Å². The second-order valence-electron chi connectivity index (χ2n) is 4.46. The summed E-state index contributed by atoms with van der Waals surface area (Å²) in [4.78, 5) is 0. The van der Waals surface area contributed by atoms with E-state index in [1.807, 2.05) is 0 Å². The van der Waals surface area contributed by atoms with Gasteiger partial charge in [-0.15, -0.1) is 13.2 Å². The van der Waals surface area contributed by atoms with Crippen molar-refractivity contribution in [2.75, 3.05) is 13.2 Å². The van der Waals surface area contributed by atoms with E-state index < -0.39 is 5.60 Å². The average Bonchev–Trinajstić information content (AvgIpc) is 2.30. The largest absolute Gasteiger partial charge is 0.385 e. The van der Waals surface area contributed by atoms with E-state index in [0.717, 1.165) is 31.3 Å². The van der Waals surface area contributed by atoms with E-state index >= 15 is 0 Å². The van der Waals surface area contributed by atoms with Crippen molar-refractivity contribution >= 4 is 0 Å². The maximum atomic E-state index is 10.4. The minimum Gasteiger partial charge on any atom is -0.385 e. The van der Waals surface area contributed by atoms with Crippen LogP contribution in [0, 0.1) is 5.92 Å². The third-order valence-corrected chi connectivity index (χ3v) is 3.29. The van der Waals surface area contributed by atoms with Crippen LogP contribution in [0.4, 0.5) is 0 Å². The zero-order valence-corrected chi connectivity index (χ0v) is 9.95. The summed E-state index contributed by atoms with van der Waals surface area (Å²) in [5.41, 5.74) is 0.177. The molecular formula is C14H22O2. The molecule has 1 aliphatic rings. The van der Waals surface area contributed by atoms with Crippen LogP contribution in [0.15, 0.2) is 37.5 Å². The van der Waals surface area contributed by atoms with Crippen molar-refractivity contribution in [2.24, 2.45) is 5.92 Å². The van der Waals surface area contributed by atoms with E-state index in [9.17, 15) is 5.11 Å². The third kappa shape index (κ3) is 3.06. The van der Waals surface area contributed by atoms with Crippen molar-refractivity contribution in [3.63, 3.8) is 0 Å². The fourth-order valence-electron chi connectivity index (χ4n) is 2.36. The highest BCUT2D eigenvalue weighted by molar-refractivity contribution is 5.16. The minimum atomic E-state index is -0.785. The van der Waals surface area contributed by atoms with Gasteiger partial charge in [0.05, 0.1) is 18.8 Å². The Labute approximate surface area is 98.3 Å². The van der Waals surface area contributed by atoms with Gasteiger partial charge in [-0.05, 0) is 18.4 Å². The molecule has 2 unspecified atom stereocenters. The molecule has 0 saturated heterocycles. The normalized spacial score (nSPS) is 29.7. The first-order chi connectivity index (χ1) is 7.64. The molecule has 0 spiro atoms. The SMILES string of the molecule is C=CCOCC(=C)C1CCCCC1(O)C=C. The summed E-state index contributed by atoms with van der Waals surface area (Å²) >= 11 is 0. The molecule has 0 radical (unpaired) electrons. The topological polar surface area (TPSA) is 29.5 Å². The molecule has 0 bridgehead atoms. The predicted octanol–water partition coefficient (Wildman–Crippen LogP) is 2.85. The summed E-state index contributed by atoms with van der Waals surface area (Å²) < 4.78 is 5.37. The second kappa shape index (κ2) is 6.02. The molecule has 16 heavy (non-hydrogen) atoms. The van der Waals surface area contributed by atoms with E-state index in [2.05, 4.69) is 19.7 Å². The van der Waals surface area contributed by atoms with Crippen molar-refractivity contribution in [3.8, 4) is 0 Å². The molecule has 0 aromatic rings. The Balaban J connectivity index is 2.57. The van der Waals surface area contributed by atoms with Crippen molar-refractivity contribution in [3.05, 3.63) is 37.5 Å². The van der Waals surface area contributed by atoms with Gasteiger partial charge in [-0.2, -0.15) is 0 Å². The Bertz CT molecular complexity index is 270. The Morgan fingerprint density at radius 3 is 2.81 bits per heavy atom. The van der Waals surface area contributed by atoms with Gasteiger partial charge in [0, 0.05) is 5.92 Å². The van der Waals surface area contributed by atoms with Gasteiger partial charge in [-0.1, -0.05) is 31.6 Å². The molecule has 0 aromatic heterocycles. The predicted molar refractivity (Wildman–Crippen MR) is 67.3 cm³/mol. The molecule has 1 N–H and O–H groups in total. The molecule has 0 heterocycles. The van der Waals surface area contributed by atoms with Gasteiger partial charge in [-0.25, -0.2) is 0 Å². The Kier molecular flexibility index (Phi) is 4.97. The quantitative estimate of drug-likeness (QED) is 0.553. The summed E-state index contributed by atoms with van der Waals surface area (Å²) in [5, 5.41) is 10.4. The number of ether oxygens (including phenoxy) is 1. The molecule has 2 nitrogen and oxygen atoms in total. The summed E-state index contributed by atoms with van der Waals surface area (Å²) in [6, 6.07) is 0. The molecule has 1 aliphatic carbocycles. The van der Waals surface area contributed by atoms with Crippen LogP contribution in [-0.2, 0) is 4.74 Å². The number of aliphatic hydroxyl groups is 1. The van der Waals surface area contributed by atoms with Crippen molar-refractivity contribution < 1.29 is 9.84 Å². The second-order valence-corrected chi connectivity index (χ2v) is 4.46. The highest BCUT2D eigenvalue weighted by atomic mass is 16.5. The monoisotopic (exact) mass is 222 g/mol. The zero-order chi connectivity index (χ0) is 12.0. The molecule has 0 amide bonds. The van der Waals surface area contributed by atoms with E-state index in [1.54, 1.807) is 12.2 Å². The van der Waals surface area contributed by atoms with Crippen LogP contribution < -0.4 is 0 Å². The summed E-state index contributed by atoms with van der Waals surface area (Å²) in [7, 11) is 0. The molecule has 0 aromatic carbocycles. The average molecular weight is 222 g/mol. The number of rotatable bonds is 6. The van der Waals surface area contributed by atoms with Crippen LogP contribution >= 0.6 is 0 Å². The molecule has 1 rings (SSSR count). The summed E-state index contributed by atoms with van der Waals surface area (Å²) in [6.45, 7) is 12.4. The molecule has 0 aliphatic heterocycles. The van der Waals surface area contributed by atoms with E-state index in [1.165, 1.54) is 0 Å². The maximum Gasteiger partial charge on any atom is 0.0890 e. The smallest absolute Gasteiger partial charge is 0.0890 e. The van der Waals surface area contributed by atoms with Gasteiger partial charge in [0.2, 0.25) is 0 Å². The first-order valence-electron chi connectivity index (χ1n) is 5.86. The van der Waals surface area contributed by atoms with Crippen LogP contribution in [0.5, 0.6) is 0 Å². The van der Waals surface area contributed by atoms with Gasteiger partial charge in [0.1, 0.15) is 0 Å². The Hall–Kier alpha value is -0.860. The van der Waals surface area contributed by atoms with E-state index in [4.69, 9.17) is 4.74 Å². The minimum absolute atomic E-state index is 0.0866. The lowest BCUT2D eigenvalue weighted by atomic mass is 9.72.